The second-order valence-corrected chi connectivity index (χ2v) is 5.39. The van der Waals surface area contributed by atoms with Crippen molar-refractivity contribution in [1.29, 1.82) is 0 Å². The number of nitrogens with one attached hydrogen (secondary N) is 1. The molecule has 5 heteroatoms. The Balaban J connectivity index is 1.89. The van der Waals surface area contributed by atoms with Crippen LogP contribution in [0.15, 0.2) is 24.3 Å². The first kappa shape index (κ1) is 14.0. The highest BCUT2D eigenvalue weighted by molar-refractivity contribution is 7.80. The lowest BCUT2D eigenvalue weighted by molar-refractivity contribution is -0.117. The first-order valence-electron chi connectivity index (χ1n) is 6.50. The average Bonchev–Trinajstić information content (AvgIpc) is 2.75. The maximum atomic E-state index is 11.9. The van der Waals surface area contributed by atoms with Gasteiger partial charge in [0.05, 0.1) is 6.54 Å². The highest BCUT2D eigenvalue weighted by atomic mass is 32.1. The molecule has 0 saturated carbocycles. The Bertz CT molecular complexity index is 472. The molecule has 0 spiro atoms. The van der Waals surface area contributed by atoms with Gasteiger partial charge in [0.15, 0.2) is 0 Å². The van der Waals surface area contributed by atoms with E-state index < -0.39 is 0 Å². The molecule has 3 N–H and O–H groups in total. The summed E-state index contributed by atoms with van der Waals surface area (Å²) in [5.41, 5.74) is 7.11. The zero-order chi connectivity index (χ0) is 13.8. The molecule has 0 aromatic heterocycles. The van der Waals surface area contributed by atoms with Gasteiger partial charge < -0.3 is 11.1 Å². The van der Waals surface area contributed by atoms with Gasteiger partial charge >= 0.3 is 0 Å². The number of hydrogen-bond acceptors (Lipinski definition) is 3. The minimum absolute atomic E-state index is 0.0248. The second kappa shape index (κ2) is 6.12. The number of benzene rings is 1. The summed E-state index contributed by atoms with van der Waals surface area (Å²) in [5.74, 6) is 0.0248. The van der Waals surface area contributed by atoms with E-state index in [-0.39, 0.29) is 5.91 Å². The Morgan fingerprint density at radius 3 is 2.68 bits per heavy atom. The quantitative estimate of drug-likeness (QED) is 0.823. The van der Waals surface area contributed by atoms with Crippen molar-refractivity contribution in [2.75, 3.05) is 18.4 Å². The number of nitrogens with two attached hydrogens (primary N) is 1. The first-order valence-corrected chi connectivity index (χ1v) is 6.91. The van der Waals surface area contributed by atoms with Gasteiger partial charge in [0.2, 0.25) is 5.91 Å². The van der Waals surface area contributed by atoms with Crippen LogP contribution in [-0.2, 0) is 4.79 Å². The molecular formula is C14H19N3OS. The monoisotopic (exact) mass is 277 g/mol. The molecule has 1 fully saturated rings. The molecule has 1 atom stereocenters. The summed E-state index contributed by atoms with van der Waals surface area (Å²) < 4.78 is 0. The number of carbonyl (C=O) groups excluding carboxylic acids is 1. The molecule has 2 rings (SSSR count). The van der Waals surface area contributed by atoms with Crippen LogP contribution in [0.4, 0.5) is 5.69 Å². The molecule has 102 valence electrons. The Hall–Kier alpha value is -1.46. The number of amides is 1. The number of anilines is 1. The van der Waals surface area contributed by atoms with Gasteiger partial charge in [-0.15, -0.1) is 0 Å². The van der Waals surface area contributed by atoms with E-state index in [1.54, 1.807) is 0 Å². The van der Waals surface area contributed by atoms with Crippen LogP contribution in [-0.4, -0.2) is 34.9 Å². The predicted molar refractivity (Wildman–Crippen MR) is 81.2 cm³/mol. The van der Waals surface area contributed by atoms with Crippen molar-refractivity contribution < 1.29 is 4.79 Å². The van der Waals surface area contributed by atoms with Crippen molar-refractivity contribution in [3.05, 3.63) is 29.8 Å². The van der Waals surface area contributed by atoms with Crippen molar-refractivity contribution in [2.24, 2.45) is 5.73 Å². The van der Waals surface area contributed by atoms with E-state index in [4.69, 9.17) is 18.0 Å². The lowest BCUT2D eigenvalue weighted by Crippen LogP contribution is -2.35. The van der Waals surface area contributed by atoms with Crippen LogP contribution in [0.2, 0.25) is 0 Å². The third kappa shape index (κ3) is 3.75. The summed E-state index contributed by atoms with van der Waals surface area (Å²) in [7, 11) is 0. The topological polar surface area (TPSA) is 58.4 Å². The molecule has 19 heavy (non-hydrogen) atoms. The van der Waals surface area contributed by atoms with Crippen molar-refractivity contribution in [3.8, 4) is 0 Å². The van der Waals surface area contributed by atoms with Crippen molar-refractivity contribution in [3.63, 3.8) is 0 Å². The van der Waals surface area contributed by atoms with E-state index in [9.17, 15) is 4.79 Å². The summed E-state index contributed by atoms with van der Waals surface area (Å²) >= 11 is 4.89. The molecule has 1 saturated heterocycles. The highest BCUT2D eigenvalue weighted by Crippen LogP contribution is 2.16. The zero-order valence-corrected chi connectivity index (χ0v) is 11.9. The van der Waals surface area contributed by atoms with Crippen LogP contribution in [0.5, 0.6) is 0 Å². The number of thiocarbonyl (C=S) groups is 1. The fraction of sp³-hybridized carbons (Fsp3) is 0.429. The van der Waals surface area contributed by atoms with Gasteiger partial charge in [0.25, 0.3) is 0 Å². The summed E-state index contributed by atoms with van der Waals surface area (Å²) in [4.78, 5) is 14.5. The number of rotatable bonds is 4. The molecule has 0 aliphatic carbocycles. The SMILES string of the molecule is CC1CCCN1CC(=O)Nc1ccc(C(N)=S)cc1. The van der Waals surface area contributed by atoms with E-state index in [1.807, 2.05) is 24.3 Å². The molecule has 1 unspecified atom stereocenters. The second-order valence-electron chi connectivity index (χ2n) is 4.95. The molecule has 1 heterocycles. The van der Waals surface area contributed by atoms with Gasteiger partial charge in [-0.3, -0.25) is 9.69 Å². The third-order valence-electron chi connectivity index (χ3n) is 3.49. The molecule has 1 aliphatic rings. The van der Waals surface area contributed by atoms with Gasteiger partial charge in [0.1, 0.15) is 4.99 Å². The van der Waals surface area contributed by atoms with E-state index in [0.29, 0.717) is 17.6 Å². The Kier molecular flexibility index (Phi) is 4.50. The van der Waals surface area contributed by atoms with Gasteiger partial charge in [-0.1, -0.05) is 12.2 Å². The Labute approximate surface area is 119 Å². The maximum absolute atomic E-state index is 11.9. The first-order chi connectivity index (χ1) is 9.06. The lowest BCUT2D eigenvalue weighted by Gasteiger charge is -2.20. The van der Waals surface area contributed by atoms with Gasteiger partial charge in [-0.2, -0.15) is 0 Å². The molecule has 1 aromatic carbocycles. The van der Waals surface area contributed by atoms with Gasteiger partial charge in [-0.05, 0) is 50.6 Å². The van der Waals surface area contributed by atoms with Gasteiger partial charge in [-0.25, -0.2) is 0 Å². The molecule has 1 aromatic rings. The molecule has 4 nitrogen and oxygen atoms in total. The van der Waals surface area contributed by atoms with E-state index in [1.165, 1.54) is 12.8 Å². The van der Waals surface area contributed by atoms with Gasteiger partial charge in [0, 0.05) is 17.3 Å². The third-order valence-corrected chi connectivity index (χ3v) is 3.73. The Morgan fingerprint density at radius 1 is 1.47 bits per heavy atom. The minimum atomic E-state index is 0.0248. The van der Waals surface area contributed by atoms with Crippen LogP contribution in [0.25, 0.3) is 0 Å². The van der Waals surface area contributed by atoms with E-state index in [2.05, 4.69) is 17.1 Å². The smallest absolute Gasteiger partial charge is 0.238 e. The Morgan fingerprint density at radius 2 is 2.16 bits per heavy atom. The minimum Gasteiger partial charge on any atom is -0.389 e. The molecular weight excluding hydrogens is 258 g/mol. The number of likely N-dealkylation sites (tertiary alicyclic amines) is 1. The zero-order valence-electron chi connectivity index (χ0n) is 11.1. The van der Waals surface area contributed by atoms with Crippen LogP contribution in [0, 0.1) is 0 Å². The van der Waals surface area contributed by atoms with Crippen molar-refractivity contribution in [1.82, 2.24) is 4.90 Å². The molecule has 0 bridgehead atoms. The normalized spacial score (nSPS) is 19.3. The summed E-state index contributed by atoms with van der Waals surface area (Å²) in [6.45, 7) is 3.63. The number of nitrogens with zero attached hydrogens (tertiary/aromatic N) is 1. The molecule has 1 amide bonds. The fourth-order valence-electron chi connectivity index (χ4n) is 2.33. The largest absolute Gasteiger partial charge is 0.389 e. The maximum Gasteiger partial charge on any atom is 0.238 e. The standard InChI is InChI=1S/C14H19N3OS/c1-10-3-2-8-17(10)9-13(18)16-12-6-4-11(5-7-12)14(15)19/h4-7,10H,2-3,8-9H2,1H3,(H2,15,19)(H,16,18). The van der Waals surface area contributed by atoms with Crippen LogP contribution >= 0.6 is 12.2 Å². The van der Waals surface area contributed by atoms with Crippen LogP contribution in [0.1, 0.15) is 25.3 Å². The van der Waals surface area contributed by atoms with Crippen LogP contribution in [0.3, 0.4) is 0 Å². The molecule has 0 radical (unpaired) electrons. The summed E-state index contributed by atoms with van der Waals surface area (Å²) in [6, 6.07) is 7.77. The van der Waals surface area contributed by atoms with Crippen molar-refractivity contribution in [2.45, 2.75) is 25.8 Å². The summed E-state index contributed by atoms with van der Waals surface area (Å²) in [5, 5.41) is 2.89. The van der Waals surface area contributed by atoms with Crippen LogP contribution < -0.4 is 11.1 Å². The number of hydrogen-bond donors (Lipinski definition) is 2. The van der Waals surface area contributed by atoms with Crippen molar-refractivity contribution >= 4 is 28.8 Å². The van der Waals surface area contributed by atoms with E-state index >= 15 is 0 Å². The number of carbonyl (C=O) groups is 1. The summed E-state index contributed by atoms with van der Waals surface area (Å²) in [6.07, 6.45) is 2.35. The lowest BCUT2D eigenvalue weighted by atomic mass is 10.2. The highest BCUT2D eigenvalue weighted by Gasteiger charge is 2.22. The predicted octanol–water partition coefficient (Wildman–Crippen LogP) is 1.74. The molecule has 1 aliphatic heterocycles. The average molecular weight is 277 g/mol. The fourth-order valence-corrected chi connectivity index (χ4v) is 2.47. The van der Waals surface area contributed by atoms with E-state index in [0.717, 1.165) is 17.8 Å².